The third-order valence-corrected chi connectivity index (χ3v) is 5.21. The van der Waals surface area contributed by atoms with Crippen LogP contribution in [0.4, 0.5) is 0 Å². The number of allylic oxidation sites excluding steroid dienone is 1. The summed E-state index contributed by atoms with van der Waals surface area (Å²) in [7, 11) is 1.64. The Bertz CT molecular complexity index is 1270. The Kier molecular flexibility index (Phi) is 6.01. The molecule has 0 aliphatic heterocycles. The average Bonchev–Trinajstić information content (AvgIpc) is 2.83. The molecule has 0 amide bonds. The highest BCUT2D eigenvalue weighted by atomic mass is 16.5. The molecule has 0 unspecified atom stereocenters. The topological polar surface area (TPSA) is 42.2 Å². The van der Waals surface area contributed by atoms with Gasteiger partial charge < -0.3 is 9.47 Å². The smallest absolute Gasteiger partial charge is 0.119 e. The molecule has 0 N–H and O–H groups in total. The third kappa shape index (κ3) is 4.29. The van der Waals surface area contributed by atoms with Crippen LogP contribution in [0.3, 0.4) is 0 Å². The number of benzene rings is 4. The predicted molar refractivity (Wildman–Crippen MR) is 126 cm³/mol. The number of rotatable bonds is 6. The summed E-state index contributed by atoms with van der Waals surface area (Å²) in [6.07, 6.45) is 0. The lowest BCUT2D eigenvalue weighted by Gasteiger charge is -2.14. The van der Waals surface area contributed by atoms with Gasteiger partial charge in [0.1, 0.15) is 17.6 Å². The van der Waals surface area contributed by atoms with Crippen molar-refractivity contribution in [1.82, 2.24) is 0 Å². The third-order valence-electron chi connectivity index (χ3n) is 5.21. The SMILES string of the molecule is CCOc1ccc2cc(/C(=C(\C#N)c3ccc(OC)cc3)c3ccccc3)ccc2c1. The van der Waals surface area contributed by atoms with E-state index in [4.69, 9.17) is 9.47 Å². The van der Waals surface area contributed by atoms with Gasteiger partial charge in [0.05, 0.1) is 19.3 Å². The van der Waals surface area contributed by atoms with E-state index in [2.05, 4.69) is 30.3 Å². The Hall–Kier alpha value is -4.03. The van der Waals surface area contributed by atoms with Gasteiger partial charge in [0.25, 0.3) is 0 Å². The number of methoxy groups -OCH3 is 1. The zero-order chi connectivity index (χ0) is 21.6. The van der Waals surface area contributed by atoms with Crippen LogP contribution in [-0.2, 0) is 0 Å². The van der Waals surface area contributed by atoms with E-state index in [1.807, 2.05) is 73.7 Å². The van der Waals surface area contributed by atoms with Gasteiger partial charge in [-0.1, -0.05) is 48.5 Å². The van der Waals surface area contributed by atoms with Crippen molar-refractivity contribution in [1.29, 1.82) is 5.26 Å². The lowest BCUT2D eigenvalue weighted by atomic mass is 9.89. The Morgan fingerprint density at radius 2 is 1.39 bits per heavy atom. The highest BCUT2D eigenvalue weighted by Gasteiger charge is 2.15. The summed E-state index contributed by atoms with van der Waals surface area (Å²) in [6, 6.07) is 32.5. The maximum atomic E-state index is 10.2. The van der Waals surface area contributed by atoms with Gasteiger partial charge in [0, 0.05) is 5.57 Å². The molecule has 4 rings (SSSR count). The van der Waals surface area contributed by atoms with Crippen LogP contribution in [0.15, 0.2) is 91.0 Å². The summed E-state index contributed by atoms with van der Waals surface area (Å²) < 4.78 is 10.9. The van der Waals surface area contributed by atoms with E-state index >= 15 is 0 Å². The van der Waals surface area contributed by atoms with Crippen molar-refractivity contribution in [2.75, 3.05) is 13.7 Å². The van der Waals surface area contributed by atoms with E-state index < -0.39 is 0 Å². The molecule has 152 valence electrons. The van der Waals surface area contributed by atoms with Crippen molar-refractivity contribution >= 4 is 21.9 Å². The van der Waals surface area contributed by atoms with Gasteiger partial charge in [-0.2, -0.15) is 5.26 Å². The fourth-order valence-electron chi connectivity index (χ4n) is 3.72. The first-order valence-corrected chi connectivity index (χ1v) is 10.2. The number of hydrogen-bond acceptors (Lipinski definition) is 3. The maximum Gasteiger partial charge on any atom is 0.119 e. The molecular weight excluding hydrogens is 382 g/mol. The maximum absolute atomic E-state index is 10.2. The zero-order valence-electron chi connectivity index (χ0n) is 17.6. The van der Waals surface area contributed by atoms with Gasteiger partial charge >= 0.3 is 0 Å². The second-order valence-electron chi connectivity index (χ2n) is 7.11. The van der Waals surface area contributed by atoms with E-state index in [9.17, 15) is 5.26 Å². The van der Waals surface area contributed by atoms with Crippen molar-refractivity contribution in [2.24, 2.45) is 0 Å². The molecule has 0 spiro atoms. The molecule has 0 bridgehead atoms. The fourth-order valence-corrected chi connectivity index (χ4v) is 3.72. The minimum Gasteiger partial charge on any atom is -0.497 e. The Balaban J connectivity index is 1.91. The van der Waals surface area contributed by atoms with Gasteiger partial charge in [-0.3, -0.25) is 0 Å². The molecule has 0 aliphatic carbocycles. The van der Waals surface area contributed by atoms with Crippen molar-refractivity contribution < 1.29 is 9.47 Å². The van der Waals surface area contributed by atoms with Gasteiger partial charge in [-0.25, -0.2) is 0 Å². The molecule has 31 heavy (non-hydrogen) atoms. The van der Waals surface area contributed by atoms with Crippen LogP contribution in [0.2, 0.25) is 0 Å². The molecule has 0 aliphatic rings. The van der Waals surface area contributed by atoms with Crippen LogP contribution in [-0.4, -0.2) is 13.7 Å². The zero-order valence-corrected chi connectivity index (χ0v) is 17.6. The van der Waals surface area contributed by atoms with Gasteiger partial charge in [0.2, 0.25) is 0 Å². The molecule has 4 aromatic carbocycles. The molecule has 0 aromatic heterocycles. The van der Waals surface area contributed by atoms with Crippen LogP contribution in [0, 0.1) is 11.3 Å². The summed E-state index contributed by atoms with van der Waals surface area (Å²) >= 11 is 0. The van der Waals surface area contributed by atoms with Crippen molar-refractivity contribution in [3.63, 3.8) is 0 Å². The van der Waals surface area contributed by atoms with E-state index in [1.54, 1.807) is 7.11 Å². The van der Waals surface area contributed by atoms with Crippen LogP contribution in [0.5, 0.6) is 11.5 Å². The molecule has 4 aromatic rings. The lowest BCUT2D eigenvalue weighted by Crippen LogP contribution is -1.95. The normalized spacial score (nSPS) is 11.5. The number of hydrogen-bond donors (Lipinski definition) is 0. The van der Waals surface area contributed by atoms with Crippen LogP contribution in [0.1, 0.15) is 23.6 Å². The molecule has 0 radical (unpaired) electrons. The van der Waals surface area contributed by atoms with E-state index in [-0.39, 0.29) is 0 Å². The highest BCUT2D eigenvalue weighted by molar-refractivity contribution is 6.05. The summed E-state index contributed by atoms with van der Waals surface area (Å²) in [5, 5.41) is 12.4. The predicted octanol–water partition coefficient (Wildman–Crippen LogP) is 6.73. The molecule has 0 atom stereocenters. The molecule has 0 heterocycles. The number of nitrogens with zero attached hydrogens (tertiary/aromatic N) is 1. The molecule has 3 heteroatoms. The monoisotopic (exact) mass is 405 g/mol. The Morgan fingerprint density at radius 3 is 2.06 bits per heavy atom. The van der Waals surface area contributed by atoms with E-state index in [0.29, 0.717) is 12.2 Å². The summed E-state index contributed by atoms with van der Waals surface area (Å²) in [5.74, 6) is 1.62. The van der Waals surface area contributed by atoms with Crippen LogP contribution < -0.4 is 9.47 Å². The molecule has 0 fully saturated rings. The molecular formula is C28H23NO2. The minimum atomic E-state index is 0.624. The van der Waals surface area contributed by atoms with Crippen molar-refractivity contribution in [3.8, 4) is 17.6 Å². The quantitative estimate of drug-likeness (QED) is 0.264. The van der Waals surface area contributed by atoms with Crippen LogP contribution in [0.25, 0.3) is 21.9 Å². The Labute approximate surface area is 182 Å². The van der Waals surface area contributed by atoms with Crippen LogP contribution >= 0.6 is 0 Å². The minimum absolute atomic E-state index is 0.624. The fraction of sp³-hybridized carbons (Fsp3) is 0.107. The first kappa shape index (κ1) is 20.3. The summed E-state index contributed by atoms with van der Waals surface area (Å²) in [6.45, 7) is 2.62. The first-order valence-electron chi connectivity index (χ1n) is 10.2. The largest absolute Gasteiger partial charge is 0.497 e. The standard InChI is InChI=1S/C28H23NO2/c1-3-31-26-16-13-22-17-24(10-9-23(22)18-26)28(21-7-5-4-6-8-21)27(19-29)20-11-14-25(30-2)15-12-20/h4-18H,3H2,1-2H3/b28-27+. The van der Waals surface area contributed by atoms with Gasteiger partial charge in [-0.05, 0) is 76.9 Å². The van der Waals surface area contributed by atoms with Gasteiger partial charge in [-0.15, -0.1) is 0 Å². The van der Waals surface area contributed by atoms with Gasteiger partial charge in [0.15, 0.2) is 0 Å². The highest BCUT2D eigenvalue weighted by Crippen LogP contribution is 2.34. The number of fused-ring (bicyclic) bond motifs is 1. The lowest BCUT2D eigenvalue weighted by molar-refractivity contribution is 0.341. The molecule has 0 saturated carbocycles. The second-order valence-corrected chi connectivity index (χ2v) is 7.11. The van der Waals surface area contributed by atoms with E-state index in [1.165, 1.54) is 0 Å². The first-order chi connectivity index (χ1) is 15.2. The average molecular weight is 405 g/mol. The summed E-state index contributed by atoms with van der Waals surface area (Å²) in [4.78, 5) is 0. The summed E-state index contributed by atoms with van der Waals surface area (Å²) in [5.41, 5.74) is 4.38. The molecule has 0 saturated heterocycles. The van der Waals surface area contributed by atoms with Crippen molar-refractivity contribution in [2.45, 2.75) is 6.92 Å². The van der Waals surface area contributed by atoms with E-state index in [0.717, 1.165) is 44.5 Å². The number of nitriles is 1. The second kappa shape index (κ2) is 9.19. The Morgan fingerprint density at radius 1 is 0.742 bits per heavy atom. The molecule has 3 nitrogen and oxygen atoms in total. The van der Waals surface area contributed by atoms with Crippen molar-refractivity contribution in [3.05, 3.63) is 108 Å². The number of ether oxygens (including phenoxy) is 2.